The van der Waals surface area contributed by atoms with Gasteiger partial charge in [-0.25, -0.2) is 8.42 Å². The van der Waals surface area contributed by atoms with Crippen LogP contribution in [0.4, 0.5) is 0 Å². The van der Waals surface area contributed by atoms with Gasteiger partial charge in [-0.3, -0.25) is 0 Å². The fourth-order valence-electron chi connectivity index (χ4n) is 2.82. The molecule has 1 saturated heterocycles. The van der Waals surface area contributed by atoms with Crippen LogP contribution in [0.2, 0.25) is 5.02 Å². The minimum absolute atomic E-state index is 0.0397. The summed E-state index contributed by atoms with van der Waals surface area (Å²) in [6.45, 7) is 4.51. The average molecular weight is 331 g/mol. The Hall–Kier alpha value is -0.820. The number of fused-ring (bicyclic) bond motifs is 1. The Morgan fingerprint density at radius 2 is 2.14 bits per heavy atom. The lowest BCUT2D eigenvalue weighted by atomic mass is 10.1. The smallest absolute Gasteiger partial charge is 0.243 e. The molecule has 0 spiro atoms. The highest BCUT2D eigenvalue weighted by Gasteiger charge is 2.29. The van der Waals surface area contributed by atoms with Crippen LogP contribution in [-0.4, -0.2) is 45.0 Å². The van der Waals surface area contributed by atoms with Crippen LogP contribution >= 0.6 is 11.6 Å². The summed E-state index contributed by atoms with van der Waals surface area (Å²) >= 11 is 6.20. The van der Waals surface area contributed by atoms with E-state index in [1.54, 1.807) is 6.07 Å². The molecule has 1 aromatic carbocycles. The number of sulfonamides is 1. The summed E-state index contributed by atoms with van der Waals surface area (Å²) in [5.74, 6) is 0.626. The van der Waals surface area contributed by atoms with E-state index in [1.165, 1.54) is 10.4 Å². The maximum atomic E-state index is 12.8. The first-order chi connectivity index (χ1) is 9.98. The first kappa shape index (κ1) is 15.1. The number of nitrogens with zero attached hydrogens (tertiary/aromatic N) is 1. The molecule has 21 heavy (non-hydrogen) atoms. The maximum Gasteiger partial charge on any atom is 0.243 e. The first-order valence-corrected chi connectivity index (χ1v) is 9.00. The lowest BCUT2D eigenvalue weighted by molar-refractivity contribution is 0.255. The Balaban J connectivity index is 1.96. The molecule has 7 heteroatoms. The van der Waals surface area contributed by atoms with Crippen molar-refractivity contribution in [3.05, 3.63) is 22.7 Å². The van der Waals surface area contributed by atoms with E-state index in [4.69, 9.17) is 16.3 Å². The van der Waals surface area contributed by atoms with Crippen LogP contribution in [-0.2, 0) is 16.4 Å². The summed E-state index contributed by atoms with van der Waals surface area (Å²) in [5, 5.41) is 3.59. The van der Waals surface area contributed by atoms with Gasteiger partial charge < -0.3 is 10.1 Å². The largest absolute Gasteiger partial charge is 0.489 e. The summed E-state index contributed by atoms with van der Waals surface area (Å²) in [4.78, 5) is 0.269. The predicted molar refractivity (Wildman–Crippen MR) is 81.5 cm³/mol. The molecule has 3 rings (SSSR count). The lowest BCUT2D eigenvalue weighted by Crippen LogP contribution is -2.34. The Kier molecular flexibility index (Phi) is 4.14. The van der Waals surface area contributed by atoms with Crippen molar-refractivity contribution < 1.29 is 13.2 Å². The zero-order valence-electron chi connectivity index (χ0n) is 11.9. The molecule has 1 aromatic rings. The molecule has 1 N–H and O–H groups in total. The average Bonchev–Trinajstić information content (AvgIpc) is 2.64. The number of hydrogen-bond donors (Lipinski definition) is 1. The van der Waals surface area contributed by atoms with Gasteiger partial charge in [0.1, 0.15) is 11.9 Å². The van der Waals surface area contributed by atoms with Gasteiger partial charge in [-0.05, 0) is 32.0 Å². The third kappa shape index (κ3) is 2.90. The second-order valence-electron chi connectivity index (χ2n) is 5.53. The molecule has 1 atom stereocenters. The fraction of sp³-hybridized carbons (Fsp3) is 0.571. The Morgan fingerprint density at radius 3 is 2.95 bits per heavy atom. The molecule has 0 bridgehead atoms. The van der Waals surface area contributed by atoms with E-state index in [2.05, 4.69) is 5.32 Å². The number of rotatable bonds is 2. The van der Waals surface area contributed by atoms with Crippen molar-refractivity contribution in [2.24, 2.45) is 0 Å². The predicted octanol–water partition coefficient (Wildman–Crippen LogP) is 1.65. The SMILES string of the molecule is CC1Cc2cc(S(=O)(=O)N3CCCNCC3)cc(Cl)c2O1. The first-order valence-electron chi connectivity index (χ1n) is 7.18. The van der Waals surface area contributed by atoms with Crippen LogP contribution in [0.25, 0.3) is 0 Å². The van der Waals surface area contributed by atoms with E-state index >= 15 is 0 Å². The number of hydrogen-bond acceptors (Lipinski definition) is 4. The maximum absolute atomic E-state index is 12.8. The summed E-state index contributed by atoms with van der Waals surface area (Å²) in [7, 11) is -3.49. The van der Waals surface area contributed by atoms with Gasteiger partial charge in [-0.2, -0.15) is 4.31 Å². The molecule has 0 aliphatic carbocycles. The van der Waals surface area contributed by atoms with E-state index in [9.17, 15) is 8.42 Å². The van der Waals surface area contributed by atoms with Crippen LogP contribution in [0.3, 0.4) is 0 Å². The minimum Gasteiger partial charge on any atom is -0.489 e. The molecule has 1 fully saturated rings. The molecule has 0 aromatic heterocycles. The van der Waals surface area contributed by atoms with Crippen LogP contribution in [0, 0.1) is 0 Å². The van der Waals surface area contributed by atoms with Gasteiger partial charge in [0.15, 0.2) is 0 Å². The van der Waals surface area contributed by atoms with Gasteiger partial charge in [0, 0.05) is 31.6 Å². The summed E-state index contributed by atoms with van der Waals surface area (Å²) < 4.78 is 32.7. The third-order valence-corrected chi connectivity index (χ3v) is 6.01. The molecule has 1 unspecified atom stereocenters. The quantitative estimate of drug-likeness (QED) is 0.895. The molecule has 2 aliphatic heterocycles. The minimum atomic E-state index is -3.49. The van der Waals surface area contributed by atoms with Gasteiger partial charge in [-0.15, -0.1) is 0 Å². The molecule has 0 saturated carbocycles. The van der Waals surface area contributed by atoms with Crippen molar-refractivity contribution in [1.82, 2.24) is 9.62 Å². The van der Waals surface area contributed by atoms with Crippen molar-refractivity contribution in [2.45, 2.75) is 30.8 Å². The molecule has 116 valence electrons. The summed E-state index contributed by atoms with van der Waals surface area (Å²) in [5.41, 5.74) is 0.876. The second-order valence-corrected chi connectivity index (χ2v) is 7.88. The van der Waals surface area contributed by atoms with Gasteiger partial charge >= 0.3 is 0 Å². The molecular formula is C14H19ClN2O3S. The van der Waals surface area contributed by atoms with Crippen LogP contribution in [0.5, 0.6) is 5.75 Å². The third-order valence-electron chi connectivity index (χ3n) is 3.86. The van der Waals surface area contributed by atoms with Gasteiger partial charge in [-0.1, -0.05) is 11.6 Å². The Morgan fingerprint density at radius 1 is 1.33 bits per heavy atom. The van der Waals surface area contributed by atoms with Crippen LogP contribution < -0.4 is 10.1 Å². The van der Waals surface area contributed by atoms with Crippen molar-refractivity contribution in [1.29, 1.82) is 0 Å². The van der Waals surface area contributed by atoms with E-state index in [1.807, 2.05) is 6.92 Å². The highest BCUT2D eigenvalue weighted by Crippen LogP contribution is 2.38. The van der Waals surface area contributed by atoms with Gasteiger partial charge in [0.25, 0.3) is 0 Å². The monoisotopic (exact) mass is 330 g/mol. The van der Waals surface area contributed by atoms with Gasteiger partial charge in [0.2, 0.25) is 10.0 Å². The van der Waals surface area contributed by atoms with Crippen LogP contribution in [0.1, 0.15) is 18.9 Å². The molecule has 0 radical (unpaired) electrons. The Bertz CT molecular complexity index is 640. The number of ether oxygens (including phenoxy) is 1. The molecule has 2 heterocycles. The number of benzene rings is 1. The van der Waals surface area contributed by atoms with E-state index in [0.717, 1.165) is 18.5 Å². The Labute approximate surface area is 130 Å². The highest BCUT2D eigenvalue weighted by molar-refractivity contribution is 7.89. The molecule has 5 nitrogen and oxygen atoms in total. The standard InChI is InChI=1S/C14H19ClN2O3S/c1-10-7-11-8-12(9-13(15)14(11)20-10)21(18,19)17-5-2-3-16-4-6-17/h8-10,16H,2-7H2,1H3. The normalized spacial score (nSPS) is 23.4. The topological polar surface area (TPSA) is 58.6 Å². The number of halogens is 1. The van der Waals surface area contributed by atoms with Crippen molar-refractivity contribution in [3.63, 3.8) is 0 Å². The zero-order chi connectivity index (χ0) is 15.0. The summed E-state index contributed by atoms with van der Waals surface area (Å²) in [6, 6.07) is 3.21. The van der Waals surface area contributed by atoms with Crippen molar-refractivity contribution in [3.8, 4) is 5.75 Å². The van der Waals surface area contributed by atoms with E-state index < -0.39 is 10.0 Å². The molecule has 0 amide bonds. The highest BCUT2D eigenvalue weighted by atomic mass is 35.5. The molecule has 2 aliphatic rings. The zero-order valence-corrected chi connectivity index (χ0v) is 13.5. The summed E-state index contributed by atoms with van der Waals surface area (Å²) in [6.07, 6.45) is 1.55. The van der Waals surface area contributed by atoms with E-state index in [0.29, 0.717) is 36.8 Å². The lowest BCUT2D eigenvalue weighted by Gasteiger charge is -2.20. The van der Waals surface area contributed by atoms with Crippen molar-refractivity contribution in [2.75, 3.05) is 26.2 Å². The fourth-order valence-corrected chi connectivity index (χ4v) is 4.72. The van der Waals surface area contributed by atoms with Gasteiger partial charge in [0.05, 0.1) is 9.92 Å². The molecular weight excluding hydrogens is 312 g/mol. The number of nitrogens with one attached hydrogen (secondary N) is 1. The van der Waals surface area contributed by atoms with Crippen LogP contribution in [0.15, 0.2) is 17.0 Å². The van der Waals surface area contributed by atoms with Crippen molar-refractivity contribution >= 4 is 21.6 Å². The van der Waals surface area contributed by atoms with E-state index in [-0.39, 0.29) is 11.0 Å². The second kappa shape index (κ2) is 5.76.